The van der Waals surface area contributed by atoms with Crippen molar-refractivity contribution in [2.24, 2.45) is 11.0 Å². The van der Waals surface area contributed by atoms with Crippen LogP contribution >= 0.6 is 0 Å². The molecule has 4 rings (SSSR count). The summed E-state index contributed by atoms with van der Waals surface area (Å²) in [7, 11) is 0. The van der Waals surface area contributed by atoms with Crippen molar-refractivity contribution in [3.05, 3.63) is 102 Å². The second-order valence-corrected chi connectivity index (χ2v) is 7.62. The Hall–Kier alpha value is -3.44. The number of hydrogen-bond acceptors (Lipinski definition) is 4. The van der Waals surface area contributed by atoms with Crippen LogP contribution in [0.2, 0.25) is 0 Å². The molecule has 0 aromatic heterocycles. The van der Waals surface area contributed by atoms with Crippen LogP contribution in [0.15, 0.2) is 96.1 Å². The Morgan fingerprint density at radius 3 is 2.16 bits per heavy atom. The van der Waals surface area contributed by atoms with Gasteiger partial charge in [-0.05, 0) is 29.7 Å². The van der Waals surface area contributed by atoms with Crippen LogP contribution in [0, 0.1) is 5.92 Å². The standard InChI is InChI=1S/C26H27N3O2/c30-18-10-17-27-24(31)19-23-25(20-11-4-1-5-12-20)28-29(22-15-8-3-9-16-22)26(23)21-13-6-2-7-14-21/h1-9,11-16,23,26,30H,10,17-19H2,(H,27,31). The molecule has 3 aromatic rings. The fourth-order valence-corrected chi connectivity index (χ4v) is 4.06. The van der Waals surface area contributed by atoms with Crippen molar-refractivity contribution in [3.8, 4) is 0 Å². The van der Waals surface area contributed by atoms with Gasteiger partial charge in [0.1, 0.15) is 0 Å². The number of carbonyl (C=O) groups is 1. The number of benzene rings is 3. The summed E-state index contributed by atoms with van der Waals surface area (Å²) in [6.07, 6.45) is 0.871. The molecule has 2 N–H and O–H groups in total. The number of hydrogen-bond donors (Lipinski definition) is 2. The number of carbonyl (C=O) groups excluding carboxylic acids is 1. The zero-order valence-corrected chi connectivity index (χ0v) is 17.4. The van der Waals surface area contributed by atoms with Gasteiger partial charge in [-0.25, -0.2) is 0 Å². The predicted octanol–water partition coefficient (Wildman–Crippen LogP) is 4.16. The van der Waals surface area contributed by atoms with Gasteiger partial charge in [0.25, 0.3) is 0 Å². The van der Waals surface area contributed by atoms with Crippen LogP contribution in [-0.2, 0) is 4.79 Å². The molecule has 5 heteroatoms. The highest BCUT2D eigenvalue weighted by atomic mass is 16.3. The maximum absolute atomic E-state index is 12.8. The van der Waals surface area contributed by atoms with Crippen LogP contribution in [0.1, 0.15) is 30.0 Å². The van der Waals surface area contributed by atoms with Gasteiger partial charge in [0.15, 0.2) is 0 Å². The van der Waals surface area contributed by atoms with Crippen LogP contribution < -0.4 is 10.3 Å². The molecule has 1 amide bonds. The van der Waals surface area contributed by atoms with Crippen LogP contribution in [-0.4, -0.2) is 29.9 Å². The number of amides is 1. The lowest BCUT2D eigenvalue weighted by Gasteiger charge is -2.28. The van der Waals surface area contributed by atoms with Crippen molar-refractivity contribution in [1.82, 2.24) is 5.32 Å². The predicted molar refractivity (Wildman–Crippen MR) is 124 cm³/mol. The zero-order valence-electron chi connectivity index (χ0n) is 17.4. The van der Waals surface area contributed by atoms with Gasteiger partial charge in [-0.2, -0.15) is 5.10 Å². The normalized spacial score (nSPS) is 18.0. The third-order valence-electron chi connectivity index (χ3n) is 5.51. The summed E-state index contributed by atoms with van der Waals surface area (Å²) in [4.78, 5) is 12.8. The lowest BCUT2D eigenvalue weighted by Crippen LogP contribution is -2.33. The number of para-hydroxylation sites is 1. The first-order chi connectivity index (χ1) is 15.3. The number of rotatable bonds is 8. The molecule has 0 spiro atoms. The first-order valence-corrected chi connectivity index (χ1v) is 10.7. The van der Waals surface area contributed by atoms with E-state index in [0.29, 0.717) is 19.4 Å². The highest BCUT2D eigenvalue weighted by Gasteiger charge is 2.40. The van der Waals surface area contributed by atoms with Crippen molar-refractivity contribution in [1.29, 1.82) is 0 Å². The SMILES string of the molecule is O=C(CC1C(c2ccccc2)=NN(c2ccccc2)C1c1ccccc1)NCCCO. The Labute approximate surface area is 183 Å². The summed E-state index contributed by atoms with van der Waals surface area (Å²) in [6.45, 7) is 0.535. The van der Waals surface area contributed by atoms with Crippen molar-refractivity contribution in [2.45, 2.75) is 18.9 Å². The van der Waals surface area contributed by atoms with Gasteiger partial charge >= 0.3 is 0 Å². The maximum Gasteiger partial charge on any atom is 0.220 e. The third kappa shape index (κ3) is 4.84. The van der Waals surface area contributed by atoms with Crippen molar-refractivity contribution >= 4 is 17.3 Å². The fraction of sp³-hybridized carbons (Fsp3) is 0.231. The first kappa shape index (κ1) is 20.8. The molecule has 2 unspecified atom stereocenters. The fourth-order valence-electron chi connectivity index (χ4n) is 4.06. The van der Waals surface area contributed by atoms with Crippen molar-refractivity contribution in [3.63, 3.8) is 0 Å². The summed E-state index contributed by atoms with van der Waals surface area (Å²) < 4.78 is 0. The van der Waals surface area contributed by atoms with Crippen LogP contribution in [0.4, 0.5) is 5.69 Å². The third-order valence-corrected chi connectivity index (χ3v) is 5.51. The van der Waals surface area contributed by atoms with Gasteiger partial charge in [-0.3, -0.25) is 9.80 Å². The summed E-state index contributed by atoms with van der Waals surface area (Å²) in [5.74, 6) is -0.142. The minimum Gasteiger partial charge on any atom is -0.396 e. The maximum atomic E-state index is 12.8. The molecular formula is C26H27N3O2. The second kappa shape index (κ2) is 10.0. The largest absolute Gasteiger partial charge is 0.396 e. The van der Waals surface area contributed by atoms with Crippen molar-refractivity contribution < 1.29 is 9.90 Å². The van der Waals surface area contributed by atoms with Crippen LogP contribution in [0.5, 0.6) is 0 Å². The summed E-state index contributed by atoms with van der Waals surface area (Å²) in [5, 5.41) is 19.1. The number of aliphatic hydroxyl groups is 1. The number of nitrogens with one attached hydrogen (secondary N) is 1. The molecule has 5 nitrogen and oxygen atoms in total. The van der Waals surface area contributed by atoms with Gasteiger partial charge < -0.3 is 10.4 Å². The Morgan fingerprint density at radius 2 is 1.52 bits per heavy atom. The van der Waals surface area contributed by atoms with E-state index in [-0.39, 0.29) is 24.5 Å². The average Bonchev–Trinajstić information content (AvgIpc) is 3.20. The number of hydrazone groups is 1. The minimum atomic E-state index is -0.112. The number of anilines is 1. The van der Waals surface area contributed by atoms with Gasteiger partial charge in [0, 0.05) is 25.5 Å². The zero-order chi connectivity index (χ0) is 21.5. The van der Waals surface area contributed by atoms with Gasteiger partial charge in [-0.15, -0.1) is 0 Å². The Morgan fingerprint density at radius 1 is 0.903 bits per heavy atom. The van der Waals surface area contributed by atoms with E-state index in [2.05, 4.69) is 17.4 Å². The monoisotopic (exact) mass is 413 g/mol. The summed E-state index contributed by atoms with van der Waals surface area (Å²) in [5.41, 5.74) is 4.05. The molecule has 0 radical (unpaired) electrons. The van der Waals surface area contributed by atoms with E-state index in [9.17, 15) is 4.79 Å². The summed E-state index contributed by atoms with van der Waals surface area (Å²) >= 11 is 0. The van der Waals surface area contributed by atoms with Crippen molar-refractivity contribution in [2.75, 3.05) is 18.2 Å². The Balaban J connectivity index is 1.74. The molecule has 0 saturated heterocycles. The average molecular weight is 414 g/mol. The van der Waals surface area contributed by atoms with E-state index < -0.39 is 0 Å². The molecule has 1 aliphatic rings. The lowest BCUT2D eigenvalue weighted by molar-refractivity contribution is -0.121. The van der Waals surface area contributed by atoms with E-state index >= 15 is 0 Å². The lowest BCUT2D eigenvalue weighted by atomic mass is 9.84. The smallest absolute Gasteiger partial charge is 0.220 e. The molecule has 158 valence electrons. The second-order valence-electron chi connectivity index (χ2n) is 7.62. The highest BCUT2D eigenvalue weighted by molar-refractivity contribution is 6.06. The van der Waals surface area contributed by atoms with E-state index in [1.807, 2.05) is 83.9 Å². The quantitative estimate of drug-likeness (QED) is 0.545. The summed E-state index contributed by atoms with van der Waals surface area (Å²) in [6, 6.07) is 30.3. The van der Waals surface area contributed by atoms with E-state index in [4.69, 9.17) is 10.2 Å². The highest BCUT2D eigenvalue weighted by Crippen LogP contribution is 2.42. The molecule has 1 aliphatic heterocycles. The first-order valence-electron chi connectivity index (χ1n) is 10.7. The molecule has 1 heterocycles. The Kier molecular flexibility index (Phi) is 6.75. The topological polar surface area (TPSA) is 64.9 Å². The molecule has 0 saturated carbocycles. The van der Waals surface area contributed by atoms with Gasteiger partial charge in [0.2, 0.25) is 5.91 Å². The van der Waals surface area contributed by atoms with Crippen LogP contribution in [0.3, 0.4) is 0 Å². The molecule has 0 fully saturated rings. The van der Waals surface area contributed by atoms with Gasteiger partial charge in [0.05, 0.1) is 17.4 Å². The minimum absolute atomic E-state index is 0.0297. The molecule has 31 heavy (non-hydrogen) atoms. The molecule has 0 aliphatic carbocycles. The number of aliphatic hydroxyl groups excluding tert-OH is 1. The van der Waals surface area contributed by atoms with E-state index in [1.165, 1.54) is 0 Å². The molecule has 0 bridgehead atoms. The van der Waals surface area contributed by atoms with Crippen LogP contribution in [0.25, 0.3) is 0 Å². The molecule has 3 aromatic carbocycles. The Bertz CT molecular complexity index is 1010. The van der Waals surface area contributed by atoms with E-state index in [1.54, 1.807) is 0 Å². The van der Waals surface area contributed by atoms with Gasteiger partial charge in [-0.1, -0.05) is 78.9 Å². The van der Waals surface area contributed by atoms with E-state index in [0.717, 1.165) is 22.5 Å². The number of nitrogens with zero attached hydrogens (tertiary/aromatic N) is 2. The molecule has 2 atom stereocenters. The molecular weight excluding hydrogens is 386 g/mol.